The van der Waals surface area contributed by atoms with Gasteiger partial charge in [-0.1, -0.05) is 6.92 Å². The van der Waals surface area contributed by atoms with Crippen LogP contribution in [0.4, 0.5) is 11.4 Å². The summed E-state index contributed by atoms with van der Waals surface area (Å²) in [6.45, 7) is 5.68. The molecule has 3 rings (SSSR count). The molecule has 4 heteroatoms. The highest BCUT2D eigenvalue weighted by molar-refractivity contribution is 6.00. The maximum absolute atomic E-state index is 6.08. The van der Waals surface area contributed by atoms with Crippen molar-refractivity contribution in [1.29, 1.82) is 0 Å². The number of pyridine rings is 1. The van der Waals surface area contributed by atoms with E-state index in [1.807, 2.05) is 18.3 Å². The van der Waals surface area contributed by atoms with Gasteiger partial charge in [0.25, 0.3) is 0 Å². The van der Waals surface area contributed by atoms with Gasteiger partial charge >= 0.3 is 0 Å². The predicted molar refractivity (Wildman–Crippen MR) is 89.7 cm³/mol. The van der Waals surface area contributed by atoms with Gasteiger partial charge in [0.05, 0.1) is 0 Å². The number of benzene rings is 1. The lowest BCUT2D eigenvalue weighted by Gasteiger charge is -2.29. The molecule has 0 radical (unpaired) electrons. The largest absolute Gasteiger partial charge is 0.398 e. The Bertz CT molecular complexity index is 625. The molecule has 4 nitrogen and oxygen atoms in total. The third-order valence-electron chi connectivity index (χ3n) is 4.63. The van der Waals surface area contributed by atoms with Gasteiger partial charge in [-0.05, 0) is 44.1 Å². The number of anilines is 2. The smallest absolute Gasteiger partial charge is 0.0461 e. The number of nitrogens with zero attached hydrogens (tertiary/aromatic N) is 3. The van der Waals surface area contributed by atoms with Gasteiger partial charge in [-0.15, -0.1) is 0 Å². The molecule has 0 bridgehead atoms. The van der Waals surface area contributed by atoms with Gasteiger partial charge < -0.3 is 10.6 Å². The van der Waals surface area contributed by atoms with E-state index in [4.69, 9.17) is 5.73 Å². The minimum atomic E-state index is 0.657. The molecule has 1 atom stereocenters. The first-order chi connectivity index (χ1) is 10.2. The van der Waals surface area contributed by atoms with Crippen LogP contribution < -0.4 is 10.6 Å². The van der Waals surface area contributed by atoms with E-state index in [2.05, 4.69) is 34.8 Å². The van der Waals surface area contributed by atoms with Crippen LogP contribution in [0.1, 0.15) is 19.8 Å². The summed E-state index contributed by atoms with van der Waals surface area (Å²) in [5.41, 5.74) is 8.12. The van der Waals surface area contributed by atoms with Crippen LogP contribution >= 0.6 is 0 Å². The topological polar surface area (TPSA) is 45.4 Å². The quantitative estimate of drug-likeness (QED) is 0.877. The van der Waals surface area contributed by atoms with Crippen molar-refractivity contribution in [3.8, 4) is 0 Å². The average Bonchev–Trinajstić information content (AvgIpc) is 2.95. The summed E-state index contributed by atoms with van der Waals surface area (Å²) in [7, 11) is 2.17. The van der Waals surface area contributed by atoms with Crippen molar-refractivity contribution < 1.29 is 0 Å². The average molecular weight is 284 g/mol. The van der Waals surface area contributed by atoms with Crippen molar-refractivity contribution >= 4 is 22.1 Å². The van der Waals surface area contributed by atoms with Crippen molar-refractivity contribution in [3.05, 3.63) is 30.6 Å². The van der Waals surface area contributed by atoms with Crippen LogP contribution in [0.25, 0.3) is 10.8 Å². The lowest BCUT2D eigenvalue weighted by atomic mass is 10.1. The van der Waals surface area contributed by atoms with Crippen LogP contribution in [0.2, 0.25) is 0 Å². The first-order valence-corrected chi connectivity index (χ1v) is 7.78. The summed E-state index contributed by atoms with van der Waals surface area (Å²) in [5.74, 6) is 0. The highest BCUT2D eigenvalue weighted by Crippen LogP contribution is 2.30. The van der Waals surface area contributed by atoms with Crippen molar-refractivity contribution in [1.82, 2.24) is 9.88 Å². The summed E-state index contributed by atoms with van der Waals surface area (Å²) in [5, 5.41) is 2.23. The van der Waals surface area contributed by atoms with Crippen LogP contribution in [0, 0.1) is 0 Å². The zero-order valence-corrected chi connectivity index (χ0v) is 12.9. The van der Waals surface area contributed by atoms with Crippen LogP contribution in [0.3, 0.4) is 0 Å². The minimum absolute atomic E-state index is 0.657. The first-order valence-electron chi connectivity index (χ1n) is 7.78. The van der Waals surface area contributed by atoms with E-state index >= 15 is 0 Å². The Morgan fingerprint density at radius 2 is 2.19 bits per heavy atom. The summed E-state index contributed by atoms with van der Waals surface area (Å²) < 4.78 is 0. The van der Waals surface area contributed by atoms with Gasteiger partial charge in [-0.3, -0.25) is 9.88 Å². The number of hydrogen-bond acceptors (Lipinski definition) is 4. The van der Waals surface area contributed by atoms with Crippen LogP contribution in [0.15, 0.2) is 30.6 Å². The molecule has 1 unspecified atom stereocenters. The lowest BCUT2D eigenvalue weighted by molar-refractivity contribution is 0.271. The standard InChI is InChI=1S/C17H24N4/c1-3-21-10-4-5-13(21)12-20(2)17-7-6-16(18)14-8-9-19-11-15(14)17/h6-9,11,13H,3-5,10,12,18H2,1-2H3. The fourth-order valence-corrected chi connectivity index (χ4v) is 3.46. The number of fused-ring (bicyclic) bond motifs is 1. The molecule has 1 saturated heterocycles. The van der Waals surface area contributed by atoms with Crippen LogP contribution in [-0.4, -0.2) is 42.6 Å². The Morgan fingerprint density at radius 1 is 1.33 bits per heavy atom. The van der Waals surface area contributed by atoms with Gasteiger partial charge in [0, 0.05) is 54.2 Å². The van der Waals surface area contributed by atoms with E-state index in [0.717, 1.165) is 29.5 Å². The molecule has 112 valence electrons. The molecule has 0 amide bonds. The monoisotopic (exact) mass is 284 g/mol. The van der Waals surface area contributed by atoms with Gasteiger partial charge in [0.1, 0.15) is 0 Å². The van der Waals surface area contributed by atoms with Crippen molar-refractivity contribution in [2.45, 2.75) is 25.8 Å². The Kier molecular flexibility index (Phi) is 3.97. The number of hydrogen-bond donors (Lipinski definition) is 1. The highest BCUT2D eigenvalue weighted by atomic mass is 15.2. The zero-order valence-electron chi connectivity index (χ0n) is 12.9. The number of rotatable bonds is 4. The second-order valence-electron chi connectivity index (χ2n) is 5.90. The molecule has 2 aromatic rings. The second-order valence-corrected chi connectivity index (χ2v) is 5.90. The molecule has 2 N–H and O–H groups in total. The fraction of sp³-hybridized carbons (Fsp3) is 0.471. The number of likely N-dealkylation sites (N-methyl/N-ethyl adjacent to an activating group) is 2. The van der Waals surface area contributed by atoms with Crippen LogP contribution in [0.5, 0.6) is 0 Å². The molecular formula is C17H24N4. The molecule has 1 aromatic heterocycles. The number of nitrogen functional groups attached to an aromatic ring is 1. The Balaban J connectivity index is 1.88. The van der Waals surface area contributed by atoms with Gasteiger partial charge in [-0.25, -0.2) is 0 Å². The lowest BCUT2D eigenvalue weighted by Crippen LogP contribution is -2.38. The molecule has 1 fully saturated rings. The molecule has 1 aliphatic rings. The molecule has 0 saturated carbocycles. The van der Waals surface area contributed by atoms with Gasteiger partial charge in [0.2, 0.25) is 0 Å². The minimum Gasteiger partial charge on any atom is -0.398 e. The second kappa shape index (κ2) is 5.90. The normalized spacial score (nSPS) is 19.2. The van der Waals surface area contributed by atoms with E-state index in [-0.39, 0.29) is 0 Å². The van der Waals surface area contributed by atoms with E-state index in [1.54, 1.807) is 6.20 Å². The third-order valence-corrected chi connectivity index (χ3v) is 4.63. The van der Waals surface area contributed by atoms with Gasteiger partial charge in [-0.2, -0.15) is 0 Å². The third kappa shape index (κ3) is 2.68. The zero-order chi connectivity index (χ0) is 14.8. The Hall–Kier alpha value is -1.81. The SMILES string of the molecule is CCN1CCCC1CN(C)c1ccc(N)c2ccncc12. The molecular weight excluding hydrogens is 260 g/mol. The van der Waals surface area contributed by atoms with Crippen LogP contribution in [-0.2, 0) is 0 Å². The Morgan fingerprint density at radius 3 is 3.00 bits per heavy atom. The van der Waals surface area contributed by atoms with Crippen molar-refractivity contribution in [3.63, 3.8) is 0 Å². The molecule has 1 aromatic carbocycles. The van der Waals surface area contributed by atoms with Gasteiger partial charge in [0.15, 0.2) is 0 Å². The molecule has 2 heterocycles. The molecule has 21 heavy (non-hydrogen) atoms. The summed E-state index contributed by atoms with van der Waals surface area (Å²) in [4.78, 5) is 9.19. The Labute approximate surface area is 126 Å². The molecule has 0 aliphatic carbocycles. The summed E-state index contributed by atoms with van der Waals surface area (Å²) in [6, 6.07) is 6.77. The number of nitrogens with two attached hydrogens (primary N) is 1. The van der Waals surface area contributed by atoms with E-state index < -0.39 is 0 Å². The van der Waals surface area contributed by atoms with E-state index in [9.17, 15) is 0 Å². The predicted octanol–water partition coefficient (Wildman–Crippen LogP) is 2.74. The van der Waals surface area contributed by atoms with Crippen molar-refractivity contribution in [2.24, 2.45) is 0 Å². The van der Waals surface area contributed by atoms with E-state index in [0.29, 0.717) is 6.04 Å². The van der Waals surface area contributed by atoms with Crippen molar-refractivity contribution in [2.75, 3.05) is 37.3 Å². The summed E-state index contributed by atoms with van der Waals surface area (Å²) >= 11 is 0. The first kappa shape index (κ1) is 14.1. The summed E-state index contributed by atoms with van der Waals surface area (Å²) in [6.07, 6.45) is 6.34. The molecule has 0 spiro atoms. The highest BCUT2D eigenvalue weighted by Gasteiger charge is 2.24. The molecule has 1 aliphatic heterocycles. The number of aromatic nitrogens is 1. The number of likely N-dealkylation sites (tertiary alicyclic amines) is 1. The van der Waals surface area contributed by atoms with E-state index in [1.165, 1.54) is 25.1 Å². The fourth-order valence-electron chi connectivity index (χ4n) is 3.46. The maximum atomic E-state index is 6.08. The maximum Gasteiger partial charge on any atom is 0.0461 e.